The molecule has 4 aromatic rings. The summed E-state index contributed by atoms with van der Waals surface area (Å²) < 4.78 is 15.3. The Morgan fingerprint density at radius 2 is 1.16 bits per heavy atom. The van der Waals surface area contributed by atoms with E-state index in [1.165, 1.54) is 44.1 Å². The fourth-order valence-electron chi connectivity index (χ4n) is 8.27. The Hall–Kier alpha value is -6.14. The van der Waals surface area contributed by atoms with Gasteiger partial charge in [-0.1, -0.05) is 75.2 Å². The molecule has 0 atom stereocenters. The summed E-state index contributed by atoms with van der Waals surface area (Å²) in [6, 6.07) is 16.2. The second-order valence-corrected chi connectivity index (χ2v) is 18.0. The van der Waals surface area contributed by atoms with Gasteiger partial charge in [0.1, 0.15) is 0 Å². The van der Waals surface area contributed by atoms with Crippen molar-refractivity contribution >= 4 is 91.3 Å². The second-order valence-electron chi connectivity index (χ2n) is 17.7. The molecule has 0 bridgehead atoms. The number of ether oxygens (including phenoxy) is 2. The quantitative estimate of drug-likeness (QED) is 0.0120. The molecule has 26 heteroatoms. The number of anilines is 5. The van der Waals surface area contributed by atoms with Crippen LogP contribution in [0.1, 0.15) is 114 Å². The Balaban J connectivity index is 0.000000459. The maximum atomic E-state index is 12.1. The van der Waals surface area contributed by atoms with Crippen molar-refractivity contribution in [3.63, 3.8) is 0 Å². The van der Waals surface area contributed by atoms with Crippen LogP contribution in [0.15, 0.2) is 48.5 Å². The van der Waals surface area contributed by atoms with Crippen LogP contribution in [0.2, 0.25) is 5.28 Å². The monoisotopic (exact) mass is 1090 g/mol. The Labute approximate surface area is 461 Å². The van der Waals surface area contributed by atoms with Crippen LogP contribution < -0.4 is 32.3 Å². The molecule has 413 valence electrons. The molecule has 0 unspecified atom stereocenters. The number of nitrogens with two attached hydrogens (primary N) is 3. The number of nitrogen functional groups attached to an aromatic ring is 2. The molecule has 7 N–H and O–H groups in total. The zero-order valence-corrected chi connectivity index (χ0v) is 46.1. The first-order valence-electron chi connectivity index (χ1n) is 26.2. The summed E-state index contributed by atoms with van der Waals surface area (Å²) in [5, 5.41) is 26.5. The van der Waals surface area contributed by atoms with E-state index in [9.17, 15) is 29.8 Å². The van der Waals surface area contributed by atoms with Crippen LogP contribution in [0.25, 0.3) is 0 Å². The van der Waals surface area contributed by atoms with Crippen molar-refractivity contribution in [3.8, 4) is 0 Å². The van der Waals surface area contributed by atoms with Crippen LogP contribution in [0.3, 0.4) is 0 Å². The van der Waals surface area contributed by atoms with Gasteiger partial charge in [0.15, 0.2) is 0 Å². The van der Waals surface area contributed by atoms with Gasteiger partial charge in [0.25, 0.3) is 0 Å². The Kier molecular flexibility index (Phi) is 31.0. The first-order chi connectivity index (χ1) is 37.2. The standard InChI is InChI=1S/C25H37N7O4.C21H27ClN6O4.C4H11N.BS.BH/c1-3-5-12-27-25-28-23(26)22(32(34)35)24(29-25)31(15-11-21(33)36-4-2)18-20-10-8-9-19(16-20)17-30-13-6-7-14-30;1-2-32-17(29)8-11-27(20-18(28(30)31)19(23)24-21(22)25-20)14-16-7-5-6-15(12-16)13-26-9-3-4-10-26;1-2-3-4-5;1-2;/h8-10,16H,3-7,11-15,17-18H2,1-2H3,(H3,26,27,28,29);5-7,12H,2-4,8-11,13-14H2,1H3,(H2,23,24,25);2-5H2,1H3;;1H/i;;;;1T. The molecular weight excluding hydrogens is 1010 g/mol. The van der Waals surface area contributed by atoms with E-state index in [1.54, 1.807) is 23.6 Å². The van der Waals surface area contributed by atoms with Gasteiger partial charge in [-0.15, -0.1) is 0 Å². The van der Waals surface area contributed by atoms with Crippen LogP contribution in [0.5, 0.6) is 0 Å². The predicted octanol–water partition coefficient (Wildman–Crippen LogP) is 7.27. The van der Waals surface area contributed by atoms with Crippen LogP contribution in [-0.2, 0) is 45.2 Å². The number of halogens is 1. The van der Waals surface area contributed by atoms with Crippen LogP contribution in [0.4, 0.5) is 40.6 Å². The van der Waals surface area contributed by atoms with E-state index in [4.69, 9.17) is 39.6 Å². The second kappa shape index (κ2) is 36.8. The summed E-state index contributed by atoms with van der Waals surface area (Å²) in [4.78, 5) is 71.1. The number of carbonyl (C=O) groups is 2. The van der Waals surface area contributed by atoms with Crippen LogP contribution in [0, 0.1) is 20.2 Å². The summed E-state index contributed by atoms with van der Waals surface area (Å²) in [5.41, 5.74) is 20.3. The Morgan fingerprint density at radius 3 is 1.55 bits per heavy atom. The van der Waals surface area contributed by atoms with Gasteiger partial charge >= 0.3 is 42.1 Å². The van der Waals surface area contributed by atoms with Crippen LogP contribution in [-0.4, -0.2) is 134 Å². The van der Waals surface area contributed by atoms with E-state index in [1.807, 2.05) is 24.3 Å². The van der Waals surface area contributed by atoms with Crippen molar-refractivity contribution in [1.29, 1.82) is 1.34 Å². The first-order valence-corrected chi connectivity index (χ1v) is 26.4. The number of likely N-dealkylation sites (tertiary alicyclic amines) is 2. The van der Waals surface area contributed by atoms with E-state index in [0.29, 0.717) is 13.1 Å². The predicted molar refractivity (Wildman–Crippen MR) is 306 cm³/mol. The summed E-state index contributed by atoms with van der Waals surface area (Å²) >= 11 is 9.54. The third kappa shape index (κ3) is 23.0. The minimum atomic E-state index is -0.637. The number of nitro groups is 2. The fraction of sp³-hybridized carbons (Fsp3) is 0.560. The number of carbonyl (C=O) groups excluding carboxylic acids is 2. The maximum absolute atomic E-state index is 12.1. The zero-order chi connectivity index (χ0) is 57.1. The van der Waals surface area contributed by atoms with E-state index in [2.05, 4.69) is 100 Å². The summed E-state index contributed by atoms with van der Waals surface area (Å²) in [5.74, 6) is -1.04. The van der Waals surface area contributed by atoms with Gasteiger partial charge in [0.2, 0.25) is 34.5 Å². The molecule has 22 nitrogen and oxygen atoms in total. The molecule has 76 heavy (non-hydrogen) atoms. The van der Waals surface area contributed by atoms with Crippen molar-refractivity contribution in [1.82, 2.24) is 29.7 Å². The molecule has 0 saturated carbocycles. The molecule has 2 aromatic heterocycles. The zero-order valence-electron chi connectivity index (χ0n) is 45.5. The summed E-state index contributed by atoms with van der Waals surface area (Å²) in [6.45, 7) is 20.7. The number of hydrogen-bond donors (Lipinski definition) is 4. The number of benzene rings is 2. The molecular formula is C50H76B2ClN14O8S. The van der Waals surface area contributed by atoms with E-state index in [0.717, 1.165) is 75.3 Å². The third-order valence-corrected chi connectivity index (χ3v) is 12.0. The topological polar surface area (TPSA) is 293 Å². The first kappa shape index (κ1) is 64.1. The molecule has 2 fully saturated rings. The minimum absolute atomic E-state index is 0.0262. The van der Waals surface area contributed by atoms with Crippen molar-refractivity contribution in [3.05, 3.63) is 96.3 Å². The van der Waals surface area contributed by atoms with Gasteiger partial charge in [-0.05, 0) is 120 Å². The van der Waals surface area contributed by atoms with Crippen LogP contribution >= 0.6 is 23.7 Å². The molecule has 2 aliphatic heterocycles. The number of nitrogens with one attached hydrogen (secondary N) is 1. The molecule has 2 aliphatic rings. The van der Waals surface area contributed by atoms with Gasteiger partial charge in [-0.25, -0.2) is 0 Å². The Bertz CT molecular complexity index is 2420. The molecule has 0 amide bonds. The molecule has 0 aliphatic carbocycles. The number of nitrogens with zero attached hydrogens (tertiary/aromatic N) is 10. The fourth-order valence-corrected chi connectivity index (χ4v) is 8.44. The van der Waals surface area contributed by atoms with E-state index < -0.39 is 21.5 Å². The molecule has 6 rings (SSSR count). The SMILES string of the molecule is CCCCN.CCCCNc1nc(N)c([N+](=O)[O-])c(N(CCC(=O)OCC)Cc2cccc(CN3CCCC3)c2)n1.CCOC(=O)CCN(Cc1cccc(CN2CCCC2)c1)c1nc(Cl)nc(N)c1[N+](=O)[O-].[3H][B].[B]=S. The molecule has 2 aromatic carbocycles. The van der Waals surface area contributed by atoms with Gasteiger partial charge in [-0.2, -0.15) is 19.9 Å². The molecule has 3 radical (unpaired) electrons. The molecule has 4 heterocycles. The van der Waals surface area contributed by atoms with Crippen molar-refractivity contribution in [2.24, 2.45) is 5.73 Å². The van der Waals surface area contributed by atoms with Gasteiger partial charge in [-0.3, -0.25) is 39.6 Å². The average molecular weight is 1090 g/mol. The van der Waals surface area contributed by atoms with E-state index >= 15 is 0 Å². The van der Waals surface area contributed by atoms with Gasteiger partial charge < -0.3 is 41.8 Å². The summed E-state index contributed by atoms with van der Waals surface area (Å²) in [7, 11) is 3.75. The number of hydrogen-bond acceptors (Lipinski definition) is 21. The van der Waals surface area contributed by atoms with Gasteiger partial charge in [0.05, 0.1) is 35.9 Å². The number of unbranched alkanes of at least 4 members (excludes halogenated alkanes) is 2. The van der Waals surface area contributed by atoms with Gasteiger partial charge in [0, 0.05) is 54.2 Å². The molecule has 2 saturated heterocycles. The number of rotatable bonds is 26. The number of esters is 2. The normalized spacial score (nSPS) is 12.9. The molecule has 0 spiro atoms. The third-order valence-electron chi connectivity index (χ3n) is 11.8. The van der Waals surface area contributed by atoms with Crippen molar-refractivity contribution < 1.29 is 28.9 Å². The number of aromatic nitrogens is 4. The Morgan fingerprint density at radius 1 is 0.737 bits per heavy atom. The summed E-state index contributed by atoms with van der Waals surface area (Å²) in [6.07, 6.45) is 9.19. The van der Waals surface area contributed by atoms with E-state index in [-0.39, 0.29) is 91.8 Å². The van der Waals surface area contributed by atoms with Crippen molar-refractivity contribution in [2.45, 2.75) is 118 Å². The van der Waals surface area contributed by atoms with Crippen molar-refractivity contribution in [2.75, 3.05) is 92.2 Å². The average Bonchev–Trinajstić information content (AvgIpc) is 4.13.